The third kappa shape index (κ3) is 3.45. The number of para-hydroxylation sites is 1. The number of rotatable bonds is 6. The molecule has 0 saturated carbocycles. The Morgan fingerprint density at radius 1 is 1.31 bits per heavy atom. The molecule has 4 heteroatoms. The number of benzene rings is 1. The number of nitrogens with one attached hydrogen (secondary N) is 1. The van der Waals surface area contributed by atoms with Gasteiger partial charge in [0.25, 0.3) is 0 Å². The van der Waals surface area contributed by atoms with Gasteiger partial charge < -0.3 is 10.1 Å². The third-order valence-electron chi connectivity index (χ3n) is 2.39. The minimum Gasteiger partial charge on any atom is -0.486 e. The second-order valence-electron chi connectivity index (χ2n) is 3.64. The van der Waals surface area contributed by atoms with Crippen LogP contribution < -0.4 is 10.1 Å². The molecule has 1 N–H and O–H groups in total. The first kappa shape index (κ1) is 12.9. The third-order valence-corrected chi connectivity index (χ3v) is 2.39. The molecule has 1 aromatic rings. The second-order valence-corrected chi connectivity index (χ2v) is 3.64. The van der Waals surface area contributed by atoms with Crippen LogP contribution >= 0.6 is 0 Å². The summed E-state index contributed by atoms with van der Waals surface area (Å²) < 4.78 is 31.6. The molecule has 0 heterocycles. The summed E-state index contributed by atoms with van der Waals surface area (Å²) in [7, 11) is 1.81. The van der Waals surface area contributed by atoms with E-state index in [1.54, 1.807) is 7.05 Å². The Hall–Kier alpha value is -1.16. The van der Waals surface area contributed by atoms with Crippen molar-refractivity contribution in [3.05, 3.63) is 29.8 Å². The molecule has 1 aromatic carbocycles. The van der Waals surface area contributed by atoms with Crippen LogP contribution in [0.15, 0.2) is 18.2 Å². The van der Waals surface area contributed by atoms with Gasteiger partial charge in [-0.2, -0.15) is 0 Å². The molecule has 16 heavy (non-hydrogen) atoms. The highest BCUT2D eigenvalue weighted by molar-refractivity contribution is 5.26. The van der Waals surface area contributed by atoms with Gasteiger partial charge in [0.1, 0.15) is 6.61 Å². The summed E-state index contributed by atoms with van der Waals surface area (Å²) in [5.41, 5.74) is 0. The summed E-state index contributed by atoms with van der Waals surface area (Å²) in [6.45, 7) is 2.32. The van der Waals surface area contributed by atoms with Crippen LogP contribution in [0.1, 0.15) is 19.8 Å². The number of hydrogen-bond acceptors (Lipinski definition) is 2. The monoisotopic (exact) mass is 229 g/mol. The Balaban J connectivity index is 2.59. The van der Waals surface area contributed by atoms with E-state index in [1.807, 2.05) is 6.92 Å². The first-order chi connectivity index (χ1) is 7.69. The van der Waals surface area contributed by atoms with Gasteiger partial charge in [-0.1, -0.05) is 19.4 Å². The van der Waals surface area contributed by atoms with Gasteiger partial charge in [0.2, 0.25) is 0 Å². The zero-order valence-corrected chi connectivity index (χ0v) is 9.59. The zero-order valence-electron chi connectivity index (χ0n) is 9.59. The molecule has 0 saturated heterocycles. The van der Waals surface area contributed by atoms with Crippen molar-refractivity contribution < 1.29 is 13.5 Å². The second kappa shape index (κ2) is 6.43. The molecule has 0 bridgehead atoms. The average molecular weight is 229 g/mol. The molecule has 0 radical (unpaired) electrons. The van der Waals surface area contributed by atoms with Gasteiger partial charge in [0, 0.05) is 6.04 Å². The van der Waals surface area contributed by atoms with Crippen LogP contribution in [0, 0.1) is 11.6 Å². The SMILES string of the molecule is CCCC(COc1c(F)cccc1F)NC. The predicted octanol–water partition coefficient (Wildman–Crippen LogP) is 2.73. The Bertz CT molecular complexity index is 311. The number of hydrogen-bond donors (Lipinski definition) is 1. The van der Waals surface area contributed by atoms with Crippen LogP contribution in [0.5, 0.6) is 5.75 Å². The van der Waals surface area contributed by atoms with Crippen molar-refractivity contribution in [2.45, 2.75) is 25.8 Å². The van der Waals surface area contributed by atoms with E-state index < -0.39 is 11.6 Å². The maximum atomic E-state index is 13.2. The molecule has 2 nitrogen and oxygen atoms in total. The molecule has 0 fully saturated rings. The number of halogens is 2. The normalized spacial score (nSPS) is 12.5. The molecular weight excluding hydrogens is 212 g/mol. The lowest BCUT2D eigenvalue weighted by atomic mass is 10.2. The Kier molecular flexibility index (Phi) is 5.19. The molecule has 1 unspecified atom stereocenters. The molecule has 0 amide bonds. The van der Waals surface area contributed by atoms with Crippen molar-refractivity contribution >= 4 is 0 Å². The smallest absolute Gasteiger partial charge is 0.190 e. The molecule has 1 rings (SSSR count). The van der Waals surface area contributed by atoms with Crippen LogP contribution in [0.25, 0.3) is 0 Å². The van der Waals surface area contributed by atoms with Crippen LogP contribution in [-0.2, 0) is 0 Å². The quantitative estimate of drug-likeness (QED) is 0.809. The fourth-order valence-corrected chi connectivity index (χ4v) is 1.46. The van der Waals surface area contributed by atoms with Gasteiger partial charge in [-0.15, -0.1) is 0 Å². The topological polar surface area (TPSA) is 21.3 Å². The zero-order chi connectivity index (χ0) is 12.0. The highest BCUT2D eigenvalue weighted by Crippen LogP contribution is 2.21. The maximum Gasteiger partial charge on any atom is 0.190 e. The summed E-state index contributed by atoms with van der Waals surface area (Å²) in [5, 5.41) is 3.04. The van der Waals surface area contributed by atoms with E-state index >= 15 is 0 Å². The van der Waals surface area contributed by atoms with Gasteiger partial charge in [-0.3, -0.25) is 0 Å². The van der Waals surface area contributed by atoms with Gasteiger partial charge in [-0.05, 0) is 25.6 Å². The summed E-state index contributed by atoms with van der Waals surface area (Å²) in [6, 6.07) is 3.81. The molecule has 90 valence electrons. The van der Waals surface area contributed by atoms with Crippen LogP contribution in [0.2, 0.25) is 0 Å². The molecule has 0 aromatic heterocycles. The first-order valence-electron chi connectivity index (χ1n) is 5.43. The van der Waals surface area contributed by atoms with Crippen molar-refractivity contribution in [2.75, 3.05) is 13.7 Å². The fourth-order valence-electron chi connectivity index (χ4n) is 1.46. The van der Waals surface area contributed by atoms with Crippen molar-refractivity contribution in [3.8, 4) is 5.75 Å². The highest BCUT2D eigenvalue weighted by atomic mass is 19.1. The van der Waals surface area contributed by atoms with E-state index in [2.05, 4.69) is 5.32 Å². The van der Waals surface area contributed by atoms with Crippen molar-refractivity contribution in [1.29, 1.82) is 0 Å². The number of ether oxygens (including phenoxy) is 1. The number of likely N-dealkylation sites (N-methyl/N-ethyl adjacent to an activating group) is 1. The molecule has 0 spiro atoms. The lowest BCUT2D eigenvalue weighted by Gasteiger charge is -2.16. The first-order valence-corrected chi connectivity index (χ1v) is 5.43. The lowest BCUT2D eigenvalue weighted by Crippen LogP contribution is -2.31. The summed E-state index contributed by atoms with van der Waals surface area (Å²) in [5.74, 6) is -1.61. The van der Waals surface area contributed by atoms with Gasteiger partial charge in [0.15, 0.2) is 17.4 Å². The van der Waals surface area contributed by atoms with Crippen LogP contribution in [0.4, 0.5) is 8.78 Å². The molecular formula is C12H17F2NO. The standard InChI is InChI=1S/C12H17F2NO/c1-3-5-9(15-2)8-16-12-10(13)6-4-7-11(12)14/h4,6-7,9,15H,3,5,8H2,1-2H3. The Morgan fingerprint density at radius 3 is 2.44 bits per heavy atom. The maximum absolute atomic E-state index is 13.2. The predicted molar refractivity (Wildman–Crippen MR) is 59.6 cm³/mol. The molecule has 1 atom stereocenters. The highest BCUT2D eigenvalue weighted by Gasteiger charge is 2.12. The molecule has 0 aliphatic carbocycles. The van der Waals surface area contributed by atoms with Crippen molar-refractivity contribution in [3.63, 3.8) is 0 Å². The Morgan fingerprint density at radius 2 is 1.94 bits per heavy atom. The van der Waals surface area contributed by atoms with E-state index in [-0.39, 0.29) is 18.4 Å². The van der Waals surface area contributed by atoms with E-state index in [4.69, 9.17) is 4.74 Å². The molecule has 0 aliphatic rings. The average Bonchev–Trinajstić information content (AvgIpc) is 2.27. The van der Waals surface area contributed by atoms with E-state index in [0.717, 1.165) is 12.8 Å². The molecule has 0 aliphatic heterocycles. The fraction of sp³-hybridized carbons (Fsp3) is 0.500. The van der Waals surface area contributed by atoms with Gasteiger partial charge in [-0.25, -0.2) is 8.78 Å². The minimum absolute atomic E-state index is 0.115. The Labute approximate surface area is 94.6 Å². The van der Waals surface area contributed by atoms with E-state index in [0.29, 0.717) is 0 Å². The van der Waals surface area contributed by atoms with E-state index in [1.165, 1.54) is 18.2 Å². The van der Waals surface area contributed by atoms with Gasteiger partial charge >= 0.3 is 0 Å². The van der Waals surface area contributed by atoms with Crippen molar-refractivity contribution in [2.24, 2.45) is 0 Å². The van der Waals surface area contributed by atoms with Crippen molar-refractivity contribution in [1.82, 2.24) is 5.32 Å². The van der Waals surface area contributed by atoms with E-state index in [9.17, 15) is 8.78 Å². The lowest BCUT2D eigenvalue weighted by molar-refractivity contribution is 0.241. The summed E-state index contributed by atoms with van der Waals surface area (Å²) in [4.78, 5) is 0. The summed E-state index contributed by atoms with van der Waals surface area (Å²) >= 11 is 0. The van der Waals surface area contributed by atoms with Crippen LogP contribution in [0.3, 0.4) is 0 Å². The van der Waals surface area contributed by atoms with Crippen LogP contribution in [-0.4, -0.2) is 19.7 Å². The summed E-state index contributed by atoms with van der Waals surface area (Å²) in [6.07, 6.45) is 1.90. The largest absolute Gasteiger partial charge is 0.486 e. The van der Waals surface area contributed by atoms with Gasteiger partial charge in [0.05, 0.1) is 0 Å². The minimum atomic E-state index is -0.661.